The van der Waals surface area contributed by atoms with E-state index >= 15 is 0 Å². The van der Waals surface area contributed by atoms with E-state index in [0.29, 0.717) is 23.7 Å². The first-order chi connectivity index (χ1) is 9.89. The Bertz CT molecular complexity index is 589. The van der Waals surface area contributed by atoms with Crippen LogP contribution in [0.2, 0.25) is 0 Å². The molecule has 1 aliphatic rings. The van der Waals surface area contributed by atoms with Crippen molar-refractivity contribution >= 4 is 16.4 Å². The summed E-state index contributed by atoms with van der Waals surface area (Å²) in [6.07, 6.45) is 3.81. The minimum absolute atomic E-state index is 0.202. The largest absolute Gasteiger partial charge is 0.387 e. The highest BCUT2D eigenvalue weighted by molar-refractivity contribution is 7.89. The Labute approximate surface area is 124 Å². The molecule has 7 nitrogen and oxygen atoms in total. The lowest BCUT2D eigenvalue weighted by atomic mass is 9.94. The molecule has 21 heavy (non-hydrogen) atoms. The van der Waals surface area contributed by atoms with Gasteiger partial charge in [-0.15, -0.1) is 0 Å². The first-order valence-corrected chi connectivity index (χ1v) is 8.10. The summed E-state index contributed by atoms with van der Waals surface area (Å²) in [4.78, 5) is 15.1. The molecule has 1 fully saturated rings. The van der Waals surface area contributed by atoms with Crippen LogP contribution in [0.3, 0.4) is 0 Å². The zero-order valence-corrected chi connectivity index (χ0v) is 12.5. The van der Waals surface area contributed by atoms with E-state index < -0.39 is 21.7 Å². The summed E-state index contributed by atoms with van der Waals surface area (Å²) < 4.78 is 25.6. The quantitative estimate of drug-likeness (QED) is 0.737. The number of rotatable bonds is 4. The molecular weight excluding hydrogens is 294 g/mol. The third kappa shape index (κ3) is 3.22. The molecule has 2 heterocycles. The van der Waals surface area contributed by atoms with Gasteiger partial charge in [0.25, 0.3) is 10.0 Å². The van der Waals surface area contributed by atoms with Crippen molar-refractivity contribution in [2.24, 2.45) is 0 Å². The third-order valence-corrected chi connectivity index (χ3v) is 5.18. The zero-order chi connectivity index (χ0) is 15.5. The monoisotopic (exact) mass is 312 g/mol. The first kappa shape index (κ1) is 15.9. The van der Waals surface area contributed by atoms with Crippen LogP contribution in [-0.4, -0.2) is 54.0 Å². The molecule has 115 valence electrons. The molecule has 0 bridgehead atoms. The number of nitrogens with zero attached hydrogens (tertiary/aromatic N) is 2. The van der Waals surface area contributed by atoms with Crippen molar-refractivity contribution in [3.05, 3.63) is 24.4 Å². The Morgan fingerprint density at radius 3 is 2.90 bits per heavy atom. The van der Waals surface area contributed by atoms with Crippen LogP contribution in [0.5, 0.6) is 0 Å². The van der Waals surface area contributed by atoms with Crippen LogP contribution in [0.15, 0.2) is 29.4 Å². The van der Waals surface area contributed by atoms with Crippen LogP contribution in [0.25, 0.3) is 0 Å². The van der Waals surface area contributed by atoms with Gasteiger partial charge in [-0.2, -0.15) is 8.42 Å². The second kappa shape index (κ2) is 6.08. The molecule has 0 aliphatic carbocycles. The van der Waals surface area contributed by atoms with Crippen molar-refractivity contribution in [3.63, 3.8) is 0 Å². The molecular formula is C13H18N3O4S. The second-order valence-electron chi connectivity index (χ2n) is 5.25. The van der Waals surface area contributed by atoms with Crippen molar-refractivity contribution < 1.29 is 18.3 Å². The molecule has 0 spiro atoms. The maximum atomic E-state index is 12.5. The van der Waals surface area contributed by atoms with Crippen molar-refractivity contribution in [2.75, 3.05) is 13.1 Å². The predicted octanol–water partition coefficient (Wildman–Crippen LogP) is -0.357. The van der Waals surface area contributed by atoms with E-state index in [0.717, 1.165) is 0 Å². The van der Waals surface area contributed by atoms with Crippen molar-refractivity contribution in [3.8, 4) is 0 Å². The molecule has 1 amide bonds. The fourth-order valence-corrected chi connectivity index (χ4v) is 3.85. The number of aliphatic hydroxyl groups is 1. The molecule has 1 radical (unpaired) electrons. The number of pyridine rings is 1. The number of β-amino-alcohol motifs (C(OH)–C–C–N with tert-alkyl or cyclic N) is 1. The molecule has 1 aromatic rings. The number of hydrogen-bond acceptors (Lipinski definition) is 6. The van der Waals surface area contributed by atoms with E-state index in [9.17, 15) is 18.3 Å². The van der Waals surface area contributed by atoms with E-state index in [4.69, 9.17) is 0 Å². The standard InChI is InChI=1S/C13H18N3O4S/c1-13(18)9-14-7-4-5-11(13)16(10-17)21(19,20)12-6-2-3-8-15-12/h2-3,6,8,11,14,18H,4-5,7,9H2,1H3/t11?,13-/m0/s1. The van der Waals surface area contributed by atoms with Gasteiger partial charge >= 0.3 is 6.41 Å². The normalized spacial score (nSPS) is 26.9. The van der Waals surface area contributed by atoms with Gasteiger partial charge in [0.05, 0.1) is 11.6 Å². The van der Waals surface area contributed by atoms with E-state index in [-0.39, 0.29) is 11.6 Å². The van der Waals surface area contributed by atoms with Gasteiger partial charge in [-0.25, -0.2) is 9.29 Å². The molecule has 2 N–H and O–H groups in total. The third-order valence-electron chi connectivity index (χ3n) is 3.57. The predicted molar refractivity (Wildman–Crippen MR) is 75.5 cm³/mol. The number of amides is 1. The Morgan fingerprint density at radius 2 is 2.29 bits per heavy atom. The number of sulfonamides is 1. The van der Waals surface area contributed by atoms with Crippen LogP contribution in [0.4, 0.5) is 0 Å². The summed E-state index contributed by atoms with van der Waals surface area (Å²) in [6.45, 7) is 2.37. The maximum absolute atomic E-state index is 12.5. The average Bonchev–Trinajstić information content (AvgIpc) is 2.62. The Morgan fingerprint density at radius 1 is 1.52 bits per heavy atom. The number of hydrogen-bond donors (Lipinski definition) is 2. The summed E-state index contributed by atoms with van der Waals surface area (Å²) in [5, 5.41) is 13.2. The van der Waals surface area contributed by atoms with Crippen molar-refractivity contribution in [1.82, 2.24) is 14.6 Å². The van der Waals surface area contributed by atoms with Crippen molar-refractivity contribution in [2.45, 2.75) is 36.4 Å². The summed E-state index contributed by atoms with van der Waals surface area (Å²) >= 11 is 0. The summed E-state index contributed by atoms with van der Waals surface area (Å²) in [6, 6.07) is 3.54. The molecule has 1 aliphatic heterocycles. The Balaban J connectivity index is 2.41. The fraction of sp³-hybridized carbons (Fsp3) is 0.538. The van der Waals surface area contributed by atoms with Crippen molar-refractivity contribution in [1.29, 1.82) is 0 Å². The van der Waals surface area contributed by atoms with Crippen LogP contribution < -0.4 is 5.32 Å². The van der Waals surface area contributed by atoms with Gasteiger partial charge in [0.1, 0.15) is 0 Å². The lowest BCUT2D eigenvalue weighted by Gasteiger charge is -2.36. The lowest BCUT2D eigenvalue weighted by molar-refractivity contribution is 0.0105. The van der Waals surface area contributed by atoms with Gasteiger partial charge in [0.15, 0.2) is 5.03 Å². The SMILES string of the molecule is C[C@]1(O)CNCCCC1N([C]=O)S(=O)(=O)c1ccccn1. The summed E-state index contributed by atoms with van der Waals surface area (Å²) in [7, 11) is -4.13. The van der Waals surface area contributed by atoms with Crippen LogP contribution in [0.1, 0.15) is 19.8 Å². The highest BCUT2D eigenvalue weighted by Crippen LogP contribution is 2.26. The molecule has 2 atom stereocenters. The summed E-state index contributed by atoms with van der Waals surface area (Å²) in [5.74, 6) is 0. The van der Waals surface area contributed by atoms with E-state index in [1.54, 1.807) is 6.07 Å². The minimum Gasteiger partial charge on any atom is -0.387 e. The molecule has 1 saturated heterocycles. The molecule has 2 rings (SSSR count). The lowest BCUT2D eigenvalue weighted by Crippen LogP contribution is -2.55. The van der Waals surface area contributed by atoms with Crippen LogP contribution >= 0.6 is 0 Å². The van der Waals surface area contributed by atoms with Gasteiger partial charge in [-0.3, -0.25) is 4.79 Å². The highest BCUT2D eigenvalue weighted by atomic mass is 32.2. The average molecular weight is 312 g/mol. The smallest absolute Gasteiger partial charge is 0.327 e. The molecule has 0 aromatic carbocycles. The number of nitrogens with one attached hydrogen (secondary N) is 1. The fourth-order valence-electron chi connectivity index (χ4n) is 2.44. The van der Waals surface area contributed by atoms with Gasteiger partial charge in [0.2, 0.25) is 0 Å². The highest BCUT2D eigenvalue weighted by Gasteiger charge is 2.43. The van der Waals surface area contributed by atoms with Gasteiger partial charge < -0.3 is 10.4 Å². The molecule has 1 unspecified atom stereocenters. The van der Waals surface area contributed by atoms with E-state index in [1.165, 1.54) is 31.7 Å². The van der Waals surface area contributed by atoms with Crippen LogP contribution in [-0.2, 0) is 14.8 Å². The summed E-state index contributed by atoms with van der Waals surface area (Å²) in [5.41, 5.74) is -1.37. The molecule has 8 heteroatoms. The van der Waals surface area contributed by atoms with E-state index in [2.05, 4.69) is 10.3 Å². The maximum Gasteiger partial charge on any atom is 0.327 e. The van der Waals surface area contributed by atoms with Gasteiger partial charge in [-0.05, 0) is 38.4 Å². The molecule has 0 saturated carbocycles. The number of aromatic nitrogens is 1. The topological polar surface area (TPSA) is 99.6 Å². The second-order valence-corrected chi connectivity index (χ2v) is 7.01. The zero-order valence-electron chi connectivity index (χ0n) is 11.7. The van der Waals surface area contributed by atoms with Gasteiger partial charge in [0, 0.05) is 12.7 Å². The van der Waals surface area contributed by atoms with Crippen LogP contribution in [0, 0.1) is 0 Å². The number of carbonyl (C=O) groups excluding carboxylic acids is 1. The minimum atomic E-state index is -4.13. The molecule has 1 aromatic heterocycles. The van der Waals surface area contributed by atoms with E-state index in [1.807, 2.05) is 0 Å². The van der Waals surface area contributed by atoms with Gasteiger partial charge in [-0.1, -0.05) is 6.07 Å². The first-order valence-electron chi connectivity index (χ1n) is 6.66. The Kier molecular flexibility index (Phi) is 4.60. The Hall–Kier alpha value is -1.51.